The minimum absolute atomic E-state index is 0.248. The number of aryl methyl sites for hydroxylation is 2. The van der Waals surface area contributed by atoms with Gasteiger partial charge in [0.05, 0.1) is 0 Å². The molecule has 5 nitrogen and oxygen atoms in total. The second-order valence-corrected chi connectivity index (χ2v) is 5.82. The second kappa shape index (κ2) is 7.13. The number of hydrogen-bond acceptors (Lipinski definition) is 4. The smallest absolute Gasteiger partial charge is 0.274 e. The fraction of sp³-hybridized carbons (Fsp3) is 0.150. The fourth-order valence-electron chi connectivity index (χ4n) is 2.52. The van der Waals surface area contributed by atoms with Crippen molar-refractivity contribution in [2.24, 2.45) is 0 Å². The van der Waals surface area contributed by atoms with Crippen molar-refractivity contribution in [2.45, 2.75) is 13.8 Å². The predicted octanol–water partition coefficient (Wildman–Crippen LogP) is 4.11. The summed E-state index contributed by atoms with van der Waals surface area (Å²) in [6.07, 6.45) is 0. The number of carbonyl (C=O) groups excluding carboxylic acids is 1. The molecule has 0 unspecified atom stereocenters. The Labute approximate surface area is 147 Å². The van der Waals surface area contributed by atoms with E-state index in [0.29, 0.717) is 17.3 Å². The number of nitrogens with one attached hydrogen (secondary N) is 1. The molecule has 25 heavy (non-hydrogen) atoms. The van der Waals surface area contributed by atoms with E-state index in [0.717, 1.165) is 16.9 Å². The molecule has 0 atom stereocenters. The van der Waals surface area contributed by atoms with Crippen molar-refractivity contribution in [3.8, 4) is 0 Å². The summed E-state index contributed by atoms with van der Waals surface area (Å²) in [5.41, 5.74) is 3.12. The highest BCUT2D eigenvalue weighted by molar-refractivity contribution is 6.03. The number of amides is 1. The van der Waals surface area contributed by atoms with Crippen molar-refractivity contribution in [1.82, 2.24) is 9.97 Å². The van der Waals surface area contributed by atoms with Gasteiger partial charge in [-0.05, 0) is 37.6 Å². The molecule has 2 aromatic carbocycles. The van der Waals surface area contributed by atoms with E-state index < -0.39 is 0 Å². The Morgan fingerprint density at radius 1 is 0.960 bits per heavy atom. The normalized spacial score (nSPS) is 10.4. The van der Waals surface area contributed by atoms with Gasteiger partial charge in [-0.2, -0.15) is 0 Å². The number of aromatic nitrogens is 2. The van der Waals surface area contributed by atoms with Gasteiger partial charge in [-0.15, -0.1) is 0 Å². The molecule has 1 amide bonds. The zero-order valence-corrected chi connectivity index (χ0v) is 14.5. The van der Waals surface area contributed by atoms with Crippen LogP contribution in [-0.4, -0.2) is 22.9 Å². The summed E-state index contributed by atoms with van der Waals surface area (Å²) in [5.74, 6) is 0.978. The molecule has 0 aliphatic heterocycles. The van der Waals surface area contributed by atoms with Crippen LogP contribution in [0.4, 0.5) is 17.2 Å². The number of anilines is 3. The van der Waals surface area contributed by atoms with Crippen molar-refractivity contribution in [1.29, 1.82) is 0 Å². The van der Waals surface area contributed by atoms with Gasteiger partial charge in [0.1, 0.15) is 17.3 Å². The maximum absolute atomic E-state index is 12.6. The van der Waals surface area contributed by atoms with Crippen molar-refractivity contribution < 1.29 is 4.79 Å². The Morgan fingerprint density at radius 2 is 1.64 bits per heavy atom. The van der Waals surface area contributed by atoms with Gasteiger partial charge in [-0.25, -0.2) is 9.97 Å². The maximum atomic E-state index is 12.6. The molecule has 0 saturated carbocycles. The van der Waals surface area contributed by atoms with Crippen LogP contribution in [0.25, 0.3) is 0 Å². The summed E-state index contributed by atoms with van der Waals surface area (Å²) >= 11 is 0. The van der Waals surface area contributed by atoms with E-state index in [2.05, 4.69) is 15.3 Å². The standard InChI is InChI=1S/C20H20N4O/c1-14-9-7-8-12-17(14)23-20(25)18-13-19(22-15(2)21-18)24(3)16-10-5-4-6-11-16/h4-13H,1-3H3,(H,23,25). The number of para-hydroxylation sites is 2. The van der Waals surface area contributed by atoms with Gasteiger partial charge in [-0.3, -0.25) is 4.79 Å². The summed E-state index contributed by atoms with van der Waals surface area (Å²) in [6.45, 7) is 3.74. The molecule has 0 spiro atoms. The molecule has 1 N–H and O–H groups in total. The van der Waals surface area contributed by atoms with Gasteiger partial charge in [-0.1, -0.05) is 36.4 Å². The average molecular weight is 332 g/mol. The largest absolute Gasteiger partial charge is 0.329 e. The third-order valence-corrected chi connectivity index (χ3v) is 3.94. The van der Waals surface area contributed by atoms with Gasteiger partial charge in [0.2, 0.25) is 0 Å². The number of benzene rings is 2. The van der Waals surface area contributed by atoms with Crippen LogP contribution in [0.5, 0.6) is 0 Å². The van der Waals surface area contributed by atoms with E-state index in [4.69, 9.17) is 0 Å². The molecule has 0 bridgehead atoms. The molecule has 3 rings (SSSR count). The molecule has 3 aromatic rings. The van der Waals surface area contributed by atoms with Crippen LogP contribution in [0, 0.1) is 13.8 Å². The molecule has 5 heteroatoms. The first kappa shape index (κ1) is 16.6. The quantitative estimate of drug-likeness (QED) is 0.781. The van der Waals surface area contributed by atoms with Crippen molar-refractivity contribution in [3.63, 3.8) is 0 Å². The molecule has 0 aliphatic rings. The minimum atomic E-state index is -0.248. The Kier molecular flexibility index (Phi) is 4.75. The van der Waals surface area contributed by atoms with Crippen LogP contribution in [0.2, 0.25) is 0 Å². The molecule has 1 aromatic heterocycles. The van der Waals surface area contributed by atoms with Gasteiger partial charge in [0.25, 0.3) is 5.91 Å². The lowest BCUT2D eigenvalue weighted by atomic mass is 10.2. The zero-order chi connectivity index (χ0) is 17.8. The molecule has 0 fully saturated rings. The monoisotopic (exact) mass is 332 g/mol. The number of nitrogens with zero attached hydrogens (tertiary/aromatic N) is 3. The van der Waals surface area contributed by atoms with E-state index in [9.17, 15) is 4.79 Å². The average Bonchev–Trinajstić information content (AvgIpc) is 2.63. The SMILES string of the molecule is Cc1nc(C(=O)Nc2ccccc2C)cc(N(C)c2ccccc2)n1. The van der Waals surface area contributed by atoms with Crippen molar-refractivity contribution in [2.75, 3.05) is 17.3 Å². The van der Waals surface area contributed by atoms with Crippen LogP contribution in [0.1, 0.15) is 21.9 Å². The first-order chi connectivity index (χ1) is 12.0. The molecule has 1 heterocycles. The van der Waals surface area contributed by atoms with Crippen LogP contribution >= 0.6 is 0 Å². The number of hydrogen-bond donors (Lipinski definition) is 1. The molecular weight excluding hydrogens is 312 g/mol. The lowest BCUT2D eigenvalue weighted by Gasteiger charge is -2.19. The third-order valence-electron chi connectivity index (χ3n) is 3.94. The summed E-state index contributed by atoms with van der Waals surface area (Å²) in [5, 5.41) is 2.91. The summed E-state index contributed by atoms with van der Waals surface area (Å²) in [6, 6.07) is 19.2. The first-order valence-corrected chi connectivity index (χ1v) is 8.06. The summed E-state index contributed by atoms with van der Waals surface area (Å²) in [7, 11) is 1.92. The van der Waals surface area contributed by atoms with Crippen LogP contribution in [-0.2, 0) is 0 Å². The highest BCUT2D eigenvalue weighted by atomic mass is 16.1. The minimum Gasteiger partial charge on any atom is -0.329 e. The number of carbonyl (C=O) groups is 1. The van der Waals surface area contributed by atoms with Gasteiger partial charge >= 0.3 is 0 Å². The van der Waals surface area contributed by atoms with E-state index in [1.54, 1.807) is 13.0 Å². The van der Waals surface area contributed by atoms with Crippen molar-refractivity contribution in [3.05, 3.63) is 77.7 Å². The molecule has 0 saturated heterocycles. The van der Waals surface area contributed by atoms with Gasteiger partial charge in [0.15, 0.2) is 0 Å². The van der Waals surface area contributed by atoms with E-state index >= 15 is 0 Å². The molecule has 0 radical (unpaired) electrons. The maximum Gasteiger partial charge on any atom is 0.274 e. The highest BCUT2D eigenvalue weighted by Crippen LogP contribution is 2.22. The van der Waals surface area contributed by atoms with Crippen molar-refractivity contribution >= 4 is 23.1 Å². The predicted molar refractivity (Wildman–Crippen MR) is 100 cm³/mol. The second-order valence-electron chi connectivity index (χ2n) is 5.82. The van der Waals surface area contributed by atoms with Crippen LogP contribution in [0.3, 0.4) is 0 Å². The Bertz CT molecular complexity index is 893. The molecular formula is C20H20N4O. The van der Waals surface area contributed by atoms with Crippen LogP contribution in [0.15, 0.2) is 60.7 Å². The third kappa shape index (κ3) is 3.83. The first-order valence-electron chi connectivity index (χ1n) is 8.06. The van der Waals surface area contributed by atoms with E-state index in [1.165, 1.54) is 0 Å². The lowest BCUT2D eigenvalue weighted by molar-refractivity contribution is 0.102. The van der Waals surface area contributed by atoms with Gasteiger partial charge in [0, 0.05) is 24.5 Å². The Morgan fingerprint density at radius 3 is 2.36 bits per heavy atom. The lowest BCUT2D eigenvalue weighted by Crippen LogP contribution is -2.18. The van der Waals surface area contributed by atoms with E-state index in [-0.39, 0.29) is 5.91 Å². The summed E-state index contributed by atoms with van der Waals surface area (Å²) in [4.78, 5) is 23.3. The highest BCUT2D eigenvalue weighted by Gasteiger charge is 2.14. The fourth-order valence-corrected chi connectivity index (χ4v) is 2.52. The number of rotatable bonds is 4. The Hall–Kier alpha value is -3.21. The summed E-state index contributed by atoms with van der Waals surface area (Å²) < 4.78 is 0. The zero-order valence-electron chi connectivity index (χ0n) is 14.5. The Balaban J connectivity index is 1.89. The van der Waals surface area contributed by atoms with E-state index in [1.807, 2.05) is 73.5 Å². The van der Waals surface area contributed by atoms with Gasteiger partial charge < -0.3 is 10.2 Å². The molecule has 126 valence electrons. The van der Waals surface area contributed by atoms with Crippen LogP contribution < -0.4 is 10.2 Å². The molecule has 0 aliphatic carbocycles. The topological polar surface area (TPSA) is 58.1 Å².